The van der Waals surface area contributed by atoms with Crippen LogP contribution in [0.1, 0.15) is 40.0 Å². The molecule has 1 aliphatic heterocycles. The highest BCUT2D eigenvalue weighted by molar-refractivity contribution is 4.73. The fourth-order valence-corrected chi connectivity index (χ4v) is 2.10. The van der Waals surface area contributed by atoms with E-state index in [4.69, 9.17) is 0 Å². The predicted octanol–water partition coefficient (Wildman–Crippen LogP) is 2.11. The van der Waals surface area contributed by atoms with Gasteiger partial charge >= 0.3 is 0 Å². The Labute approximate surface area is 89.1 Å². The van der Waals surface area contributed by atoms with Crippen LogP contribution in [0.15, 0.2) is 0 Å². The molecule has 1 aliphatic rings. The van der Waals surface area contributed by atoms with E-state index < -0.39 is 0 Å². The van der Waals surface area contributed by atoms with Crippen molar-refractivity contribution in [2.75, 3.05) is 26.2 Å². The van der Waals surface area contributed by atoms with Crippen molar-refractivity contribution >= 4 is 0 Å². The maximum absolute atomic E-state index is 3.51. The maximum Gasteiger partial charge on any atom is 0.0110 e. The Balaban J connectivity index is 2.04. The molecule has 0 aromatic carbocycles. The van der Waals surface area contributed by atoms with Gasteiger partial charge in [-0.25, -0.2) is 0 Å². The van der Waals surface area contributed by atoms with Crippen molar-refractivity contribution in [3.8, 4) is 0 Å². The van der Waals surface area contributed by atoms with Crippen molar-refractivity contribution in [1.82, 2.24) is 10.2 Å². The van der Waals surface area contributed by atoms with Gasteiger partial charge in [-0.05, 0) is 38.8 Å². The number of hydrogen-bond acceptors (Lipinski definition) is 2. The third-order valence-corrected chi connectivity index (χ3v) is 3.07. The summed E-state index contributed by atoms with van der Waals surface area (Å²) in [6.07, 6.45) is 4.22. The van der Waals surface area contributed by atoms with E-state index in [2.05, 4.69) is 31.0 Å². The summed E-state index contributed by atoms with van der Waals surface area (Å²) < 4.78 is 0. The smallest absolute Gasteiger partial charge is 0.0110 e. The molecule has 0 spiro atoms. The second-order valence-corrected chi connectivity index (χ2v) is 4.98. The highest BCUT2D eigenvalue weighted by atomic mass is 15.2. The maximum atomic E-state index is 3.51. The Morgan fingerprint density at radius 1 is 1.36 bits per heavy atom. The molecule has 0 radical (unpaired) electrons. The third-order valence-electron chi connectivity index (χ3n) is 3.07. The lowest BCUT2D eigenvalue weighted by Crippen LogP contribution is -2.41. The van der Waals surface area contributed by atoms with Crippen molar-refractivity contribution in [3.63, 3.8) is 0 Å². The van der Waals surface area contributed by atoms with Gasteiger partial charge in [0.1, 0.15) is 0 Å². The highest BCUT2D eigenvalue weighted by Crippen LogP contribution is 2.15. The van der Waals surface area contributed by atoms with E-state index in [0.717, 1.165) is 25.0 Å². The van der Waals surface area contributed by atoms with Crippen LogP contribution in [0.5, 0.6) is 0 Å². The van der Waals surface area contributed by atoms with E-state index in [0.29, 0.717) is 0 Å². The van der Waals surface area contributed by atoms with Gasteiger partial charge in [0.05, 0.1) is 0 Å². The quantitative estimate of drug-likeness (QED) is 0.681. The van der Waals surface area contributed by atoms with Crippen molar-refractivity contribution in [2.24, 2.45) is 5.92 Å². The summed E-state index contributed by atoms with van der Waals surface area (Å²) in [6, 6.07) is 0.810. The summed E-state index contributed by atoms with van der Waals surface area (Å²) in [7, 11) is 0. The molecule has 0 aromatic rings. The molecule has 0 bridgehead atoms. The average Bonchev–Trinajstić information content (AvgIpc) is 2.15. The van der Waals surface area contributed by atoms with Crippen LogP contribution in [0.2, 0.25) is 0 Å². The average molecular weight is 198 g/mol. The van der Waals surface area contributed by atoms with E-state index >= 15 is 0 Å². The monoisotopic (exact) mass is 198 g/mol. The zero-order chi connectivity index (χ0) is 10.4. The number of likely N-dealkylation sites (tertiary alicyclic amines) is 1. The van der Waals surface area contributed by atoms with Crippen LogP contribution in [0.25, 0.3) is 0 Å². The number of nitrogens with one attached hydrogen (secondary N) is 1. The zero-order valence-corrected chi connectivity index (χ0v) is 10.1. The second-order valence-electron chi connectivity index (χ2n) is 4.98. The first-order chi connectivity index (χ1) is 6.70. The van der Waals surface area contributed by atoms with Gasteiger partial charge in [0, 0.05) is 19.1 Å². The summed E-state index contributed by atoms with van der Waals surface area (Å²) in [5.74, 6) is 0.772. The largest absolute Gasteiger partial charge is 0.315 e. The minimum Gasteiger partial charge on any atom is -0.315 e. The van der Waals surface area contributed by atoms with Gasteiger partial charge < -0.3 is 5.32 Å². The van der Waals surface area contributed by atoms with E-state index in [9.17, 15) is 0 Å². The van der Waals surface area contributed by atoms with E-state index in [-0.39, 0.29) is 0 Å². The fraction of sp³-hybridized carbons (Fsp3) is 1.00. The van der Waals surface area contributed by atoms with Gasteiger partial charge in [0.25, 0.3) is 0 Å². The van der Waals surface area contributed by atoms with Gasteiger partial charge in [0.2, 0.25) is 0 Å². The first-order valence-corrected chi connectivity index (χ1v) is 6.15. The molecule has 1 N–H and O–H groups in total. The van der Waals surface area contributed by atoms with Crippen LogP contribution in [0.3, 0.4) is 0 Å². The van der Waals surface area contributed by atoms with E-state index in [1.54, 1.807) is 0 Å². The SMILES string of the molecule is CC(C)CNCCN1CCCCC1C. The van der Waals surface area contributed by atoms with Crippen LogP contribution in [-0.4, -0.2) is 37.1 Å². The Morgan fingerprint density at radius 2 is 2.14 bits per heavy atom. The van der Waals surface area contributed by atoms with Crippen LogP contribution in [-0.2, 0) is 0 Å². The lowest BCUT2D eigenvalue weighted by molar-refractivity contribution is 0.161. The van der Waals surface area contributed by atoms with Crippen molar-refractivity contribution in [1.29, 1.82) is 0 Å². The number of piperidine rings is 1. The molecule has 0 aromatic heterocycles. The molecule has 1 atom stereocenters. The van der Waals surface area contributed by atoms with Gasteiger partial charge in [0.15, 0.2) is 0 Å². The summed E-state index contributed by atoms with van der Waals surface area (Å²) in [4.78, 5) is 2.62. The molecule has 0 aliphatic carbocycles. The molecule has 1 heterocycles. The lowest BCUT2D eigenvalue weighted by atomic mass is 10.0. The molecule has 1 unspecified atom stereocenters. The van der Waals surface area contributed by atoms with Crippen molar-refractivity contribution in [2.45, 2.75) is 46.1 Å². The van der Waals surface area contributed by atoms with Crippen LogP contribution in [0.4, 0.5) is 0 Å². The summed E-state index contributed by atoms with van der Waals surface area (Å²) >= 11 is 0. The van der Waals surface area contributed by atoms with Crippen LogP contribution in [0, 0.1) is 5.92 Å². The van der Waals surface area contributed by atoms with Crippen LogP contribution >= 0.6 is 0 Å². The highest BCUT2D eigenvalue weighted by Gasteiger charge is 2.16. The van der Waals surface area contributed by atoms with Gasteiger partial charge in [-0.2, -0.15) is 0 Å². The molecular formula is C12H26N2. The molecule has 1 fully saturated rings. The fourth-order valence-electron chi connectivity index (χ4n) is 2.10. The Hall–Kier alpha value is -0.0800. The van der Waals surface area contributed by atoms with Crippen molar-refractivity contribution < 1.29 is 0 Å². The standard InChI is InChI=1S/C12H26N2/c1-11(2)10-13-7-9-14-8-5-4-6-12(14)3/h11-13H,4-10H2,1-3H3. The van der Waals surface area contributed by atoms with Gasteiger partial charge in [-0.3, -0.25) is 4.90 Å². The summed E-state index contributed by atoms with van der Waals surface area (Å²) in [5.41, 5.74) is 0. The van der Waals surface area contributed by atoms with Crippen molar-refractivity contribution in [3.05, 3.63) is 0 Å². The molecule has 14 heavy (non-hydrogen) atoms. The van der Waals surface area contributed by atoms with Gasteiger partial charge in [-0.15, -0.1) is 0 Å². The Bertz CT molecular complexity index is 145. The molecule has 0 saturated carbocycles. The van der Waals surface area contributed by atoms with E-state index in [1.807, 2.05) is 0 Å². The molecule has 1 saturated heterocycles. The first-order valence-electron chi connectivity index (χ1n) is 6.15. The molecule has 1 rings (SSSR count). The predicted molar refractivity (Wildman–Crippen MR) is 62.6 cm³/mol. The van der Waals surface area contributed by atoms with Gasteiger partial charge in [-0.1, -0.05) is 20.3 Å². The molecule has 84 valence electrons. The molecule has 0 amide bonds. The Kier molecular flexibility index (Phi) is 5.49. The van der Waals surface area contributed by atoms with Crippen LogP contribution < -0.4 is 5.32 Å². The topological polar surface area (TPSA) is 15.3 Å². The number of rotatable bonds is 5. The minimum atomic E-state index is 0.772. The van der Waals surface area contributed by atoms with E-state index in [1.165, 1.54) is 32.4 Å². The molecule has 2 nitrogen and oxygen atoms in total. The lowest BCUT2D eigenvalue weighted by Gasteiger charge is -2.33. The first kappa shape index (κ1) is 12.0. The minimum absolute atomic E-state index is 0.772. The summed E-state index contributed by atoms with van der Waals surface area (Å²) in [5, 5.41) is 3.51. The second kappa shape index (κ2) is 6.41. The molecule has 2 heteroatoms. The molecular weight excluding hydrogens is 172 g/mol. The normalized spacial score (nSPS) is 24.4. The number of nitrogens with zero attached hydrogens (tertiary/aromatic N) is 1. The third kappa shape index (κ3) is 4.43. The number of hydrogen-bond donors (Lipinski definition) is 1. The summed E-state index contributed by atoms with van der Waals surface area (Å²) in [6.45, 7) is 11.7. The zero-order valence-electron chi connectivity index (χ0n) is 10.1. The Morgan fingerprint density at radius 3 is 2.79 bits per heavy atom.